The molecule has 27 heavy (non-hydrogen) atoms. The molecule has 1 aliphatic rings. The summed E-state index contributed by atoms with van der Waals surface area (Å²) in [5.41, 5.74) is 1.79. The molecular formula is C21H26N2O4. The Morgan fingerprint density at radius 2 is 1.96 bits per heavy atom. The minimum Gasteiger partial charge on any atom is -0.482 e. The second-order valence-electron chi connectivity index (χ2n) is 8.10. The van der Waals surface area contributed by atoms with Crippen molar-refractivity contribution < 1.29 is 18.7 Å². The van der Waals surface area contributed by atoms with Gasteiger partial charge in [-0.3, -0.25) is 14.5 Å². The Hall–Kier alpha value is -2.76. The third kappa shape index (κ3) is 4.15. The summed E-state index contributed by atoms with van der Waals surface area (Å²) in [6.45, 7) is 10.4. The quantitative estimate of drug-likeness (QED) is 0.892. The molecule has 1 aliphatic heterocycles. The van der Waals surface area contributed by atoms with Gasteiger partial charge >= 0.3 is 0 Å². The van der Waals surface area contributed by atoms with Crippen LogP contribution in [0.3, 0.4) is 0 Å². The molecule has 1 aromatic carbocycles. The smallest absolute Gasteiger partial charge is 0.287 e. The molecule has 2 heterocycles. The predicted octanol–water partition coefficient (Wildman–Crippen LogP) is 3.64. The first-order valence-corrected chi connectivity index (χ1v) is 9.12. The van der Waals surface area contributed by atoms with Crippen LogP contribution < -0.4 is 15.0 Å². The maximum atomic E-state index is 12.5. The lowest BCUT2D eigenvalue weighted by molar-refractivity contribution is -0.121. The summed E-state index contributed by atoms with van der Waals surface area (Å²) >= 11 is 0. The number of rotatable bonds is 4. The van der Waals surface area contributed by atoms with Crippen molar-refractivity contribution in [2.24, 2.45) is 0 Å². The Morgan fingerprint density at radius 1 is 1.22 bits per heavy atom. The summed E-state index contributed by atoms with van der Waals surface area (Å²) in [5, 5.41) is 2.79. The first kappa shape index (κ1) is 19.0. The molecule has 2 aromatic rings. The molecule has 1 N–H and O–H groups in total. The molecule has 2 amide bonds. The van der Waals surface area contributed by atoms with Crippen LogP contribution in [0.1, 0.15) is 56.5 Å². The summed E-state index contributed by atoms with van der Waals surface area (Å²) in [6.07, 6.45) is 0. The van der Waals surface area contributed by atoms with Crippen LogP contribution in [0.4, 0.5) is 5.69 Å². The van der Waals surface area contributed by atoms with Crippen molar-refractivity contribution in [3.8, 4) is 5.75 Å². The Balaban J connectivity index is 1.87. The highest BCUT2D eigenvalue weighted by Crippen LogP contribution is 2.37. The predicted molar refractivity (Wildman–Crippen MR) is 103 cm³/mol. The van der Waals surface area contributed by atoms with E-state index in [1.54, 1.807) is 17.0 Å². The third-order valence-corrected chi connectivity index (χ3v) is 4.39. The van der Waals surface area contributed by atoms with Crippen LogP contribution in [0.5, 0.6) is 5.75 Å². The van der Waals surface area contributed by atoms with Crippen LogP contribution >= 0.6 is 0 Å². The molecule has 3 rings (SSSR count). The average molecular weight is 370 g/mol. The summed E-state index contributed by atoms with van der Waals surface area (Å²) in [4.78, 5) is 26.2. The van der Waals surface area contributed by atoms with Gasteiger partial charge in [-0.15, -0.1) is 0 Å². The van der Waals surface area contributed by atoms with Crippen molar-refractivity contribution in [3.05, 3.63) is 47.4 Å². The summed E-state index contributed by atoms with van der Waals surface area (Å²) in [7, 11) is 0. The molecule has 0 fully saturated rings. The fourth-order valence-electron chi connectivity index (χ4n) is 2.92. The number of benzene rings is 1. The van der Waals surface area contributed by atoms with E-state index < -0.39 is 0 Å². The Kier molecular flexibility index (Phi) is 5.00. The SMILES string of the molecule is CC(C)NC(=O)c1ccc(CN2C(=O)COc3ccc(C(C)(C)C)cc32)o1. The van der Waals surface area contributed by atoms with Crippen molar-refractivity contribution in [2.45, 2.75) is 52.6 Å². The molecule has 0 atom stereocenters. The number of nitrogens with one attached hydrogen (secondary N) is 1. The third-order valence-electron chi connectivity index (χ3n) is 4.39. The van der Waals surface area contributed by atoms with E-state index in [1.165, 1.54) is 0 Å². The molecule has 1 aromatic heterocycles. The number of hydrogen-bond acceptors (Lipinski definition) is 4. The standard InChI is InChI=1S/C21H26N2O4/c1-13(2)22-20(25)18-9-7-15(27-18)11-23-16-10-14(21(3,4)5)6-8-17(16)26-12-19(23)24/h6-10,13H,11-12H2,1-5H3,(H,22,25). The molecule has 6 nitrogen and oxygen atoms in total. The van der Waals surface area contributed by atoms with Crippen LogP contribution in [-0.4, -0.2) is 24.5 Å². The zero-order valence-electron chi connectivity index (χ0n) is 16.5. The molecule has 0 bridgehead atoms. The molecule has 0 unspecified atom stereocenters. The number of nitrogens with zero attached hydrogens (tertiary/aromatic N) is 1. The minimum atomic E-state index is -0.264. The number of hydrogen-bond donors (Lipinski definition) is 1. The Morgan fingerprint density at radius 3 is 2.63 bits per heavy atom. The number of anilines is 1. The normalized spacial score (nSPS) is 14.1. The monoisotopic (exact) mass is 370 g/mol. The fourth-order valence-corrected chi connectivity index (χ4v) is 2.92. The molecular weight excluding hydrogens is 344 g/mol. The molecule has 0 saturated carbocycles. The van der Waals surface area contributed by atoms with Crippen LogP contribution in [0.2, 0.25) is 0 Å². The number of fused-ring (bicyclic) bond motifs is 1. The van der Waals surface area contributed by atoms with Crippen LogP contribution in [0.25, 0.3) is 0 Å². The molecule has 144 valence electrons. The van der Waals surface area contributed by atoms with Crippen molar-refractivity contribution in [1.29, 1.82) is 0 Å². The number of carbonyl (C=O) groups excluding carboxylic acids is 2. The van der Waals surface area contributed by atoms with E-state index >= 15 is 0 Å². The highest BCUT2D eigenvalue weighted by atomic mass is 16.5. The van der Waals surface area contributed by atoms with Gasteiger partial charge in [0, 0.05) is 6.04 Å². The average Bonchev–Trinajstić information content (AvgIpc) is 3.04. The second kappa shape index (κ2) is 7.10. The van der Waals surface area contributed by atoms with Crippen LogP contribution in [0.15, 0.2) is 34.7 Å². The van der Waals surface area contributed by atoms with Gasteiger partial charge in [-0.25, -0.2) is 0 Å². The van der Waals surface area contributed by atoms with Crippen molar-refractivity contribution in [3.63, 3.8) is 0 Å². The van der Waals surface area contributed by atoms with Gasteiger partial charge in [0.2, 0.25) is 0 Å². The summed E-state index contributed by atoms with van der Waals surface area (Å²) < 4.78 is 11.2. The molecule has 0 spiro atoms. The van der Waals surface area contributed by atoms with E-state index in [1.807, 2.05) is 32.0 Å². The first-order chi connectivity index (χ1) is 12.6. The van der Waals surface area contributed by atoms with Crippen molar-refractivity contribution >= 4 is 17.5 Å². The molecule has 0 radical (unpaired) electrons. The Bertz CT molecular complexity index is 861. The lowest BCUT2D eigenvalue weighted by Gasteiger charge is -2.30. The van der Waals surface area contributed by atoms with Gasteiger partial charge in [-0.1, -0.05) is 26.8 Å². The second-order valence-corrected chi connectivity index (χ2v) is 8.10. The number of amides is 2. The van der Waals surface area contributed by atoms with E-state index in [-0.39, 0.29) is 42.2 Å². The fraction of sp³-hybridized carbons (Fsp3) is 0.429. The summed E-state index contributed by atoms with van der Waals surface area (Å²) in [6, 6.07) is 9.29. The van der Waals surface area contributed by atoms with Crippen molar-refractivity contribution in [1.82, 2.24) is 5.32 Å². The van der Waals surface area contributed by atoms with Gasteiger partial charge in [0.25, 0.3) is 11.8 Å². The molecule has 0 saturated heterocycles. The highest BCUT2D eigenvalue weighted by molar-refractivity contribution is 5.98. The van der Waals surface area contributed by atoms with E-state index in [4.69, 9.17) is 9.15 Å². The van der Waals surface area contributed by atoms with E-state index in [0.717, 1.165) is 11.3 Å². The van der Waals surface area contributed by atoms with E-state index in [2.05, 4.69) is 26.1 Å². The Labute approximate surface area is 159 Å². The van der Waals surface area contributed by atoms with Gasteiger partial charge in [-0.2, -0.15) is 0 Å². The maximum Gasteiger partial charge on any atom is 0.287 e. The molecule has 0 aliphatic carbocycles. The van der Waals surface area contributed by atoms with E-state index in [9.17, 15) is 9.59 Å². The van der Waals surface area contributed by atoms with Crippen molar-refractivity contribution in [2.75, 3.05) is 11.5 Å². The minimum absolute atomic E-state index is 0.0106. The van der Waals surface area contributed by atoms with Gasteiger partial charge < -0.3 is 14.5 Å². The topological polar surface area (TPSA) is 71.8 Å². The first-order valence-electron chi connectivity index (χ1n) is 9.12. The van der Waals surface area contributed by atoms with E-state index in [0.29, 0.717) is 11.5 Å². The van der Waals surface area contributed by atoms with Crippen LogP contribution in [-0.2, 0) is 16.8 Å². The largest absolute Gasteiger partial charge is 0.482 e. The molecule has 6 heteroatoms. The van der Waals surface area contributed by atoms with Crippen LogP contribution in [0, 0.1) is 0 Å². The maximum absolute atomic E-state index is 12.5. The zero-order chi connectivity index (χ0) is 19.8. The number of ether oxygens (including phenoxy) is 1. The highest BCUT2D eigenvalue weighted by Gasteiger charge is 2.28. The lowest BCUT2D eigenvalue weighted by Crippen LogP contribution is -2.38. The zero-order valence-corrected chi connectivity index (χ0v) is 16.5. The number of furan rings is 1. The van der Waals surface area contributed by atoms with Gasteiger partial charge in [-0.05, 0) is 49.1 Å². The van der Waals surface area contributed by atoms with Gasteiger partial charge in [0.1, 0.15) is 11.5 Å². The van der Waals surface area contributed by atoms with Gasteiger partial charge in [0.05, 0.1) is 12.2 Å². The summed E-state index contributed by atoms with van der Waals surface area (Å²) in [5.74, 6) is 1.05. The lowest BCUT2D eigenvalue weighted by atomic mass is 9.86. The van der Waals surface area contributed by atoms with Gasteiger partial charge in [0.15, 0.2) is 12.4 Å². The number of carbonyl (C=O) groups is 2.